The van der Waals surface area contributed by atoms with Crippen molar-refractivity contribution < 1.29 is 23.9 Å². The predicted octanol–water partition coefficient (Wildman–Crippen LogP) is 2.74. The summed E-state index contributed by atoms with van der Waals surface area (Å²) in [7, 11) is 0. The first kappa shape index (κ1) is 23.3. The Bertz CT molecular complexity index is 1340. The highest BCUT2D eigenvalue weighted by atomic mass is 35.5. The maximum Gasteiger partial charge on any atom is 0.323 e. The molecular formula is C25H24ClFN4O4. The number of nitrogens with one attached hydrogen (secondary N) is 1. The molecule has 3 amide bonds. The smallest absolute Gasteiger partial charge is 0.323 e. The van der Waals surface area contributed by atoms with Crippen LogP contribution in [0.2, 0.25) is 5.02 Å². The van der Waals surface area contributed by atoms with Gasteiger partial charge in [0, 0.05) is 23.2 Å². The van der Waals surface area contributed by atoms with E-state index in [0.717, 1.165) is 11.8 Å². The minimum absolute atomic E-state index is 0.000142. The van der Waals surface area contributed by atoms with Crippen molar-refractivity contribution >= 4 is 40.3 Å². The summed E-state index contributed by atoms with van der Waals surface area (Å²) < 4.78 is 15.8. The van der Waals surface area contributed by atoms with Crippen LogP contribution >= 0.6 is 11.6 Å². The predicted molar refractivity (Wildman–Crippen MR) is 127 cm³/mol. The van der Waals surface area contributed by atoms with Crippen molar-refractivity contribution in [2.24, 2.45) is 11.7 Å². The Kier molecular flexibility index (Phi) is 5.98. The SMILES string of the molecule is NC(=O)n1cc(CC(=O)N2[C@@H]3C[C@@H]3C[C@H]2C(=O)N[C@H](CO)c2cccc(Cl)c2F)c2ccccc21. The molecular weight excluding hydrogens is 475 g/mol. The second kappa shape index (κ2) is 8.98. The molecule has 3 aromatic rings. The van der Waals surface area contributed by atoms with E-state index in [9.17, 15) is 23.9 Å². The Labute approximate surface area is 205 Å². The van der Waals surface area contributed by atoms with Crippen molar-refractivity contribution in [1.82, 2.24) is 14.8 Å². The summed E-state index contributed by atoms with van der Waals surface area (Å²) >= 11 is 5.86. The molecule has 2 heterocycles. The molecule has 0 radical (unpaired) electrons. The van der Waals surface area contributed by atoms with Crippen molar-refractivity contribution in [1.29, 1.82) is 0 Å². The first-order chi connectivity index (χ1) is 16.8. The average molecular weight is 499 g/mol. The average Bonchev–Trinajstić information content (AvgIpc) is 3.34. The molecule has 2 fully saturated rings. The normalized spacial score (nSPS) is 21.6. The number of aromatic nitrogens is 1. The third-order valence-corrected chi connectivity index (χ3v) is 7.22. The topological polar surface area (TPSA) is 118 Å². The standard InChI is InChI=1S/C25H24ClFN4O4/c26-17-6-3-5-16(23(17)27)18(12-32)29-24(34)21-9-13-8-20(13)31(21)22(33)10-14-11-30(25(28)35)19-7-2-1-4-15(14)19/h1-7,11,13,18,20-21,32H,8-10,12H2,(H2,28,35)(H,29,34)/t13-,18-,20-,21+/m1/s1. The number of carbonyl (C=O) groups excluding carboxylic acids is 3. The zero-order valence-corrected chi connectivity index (χ0v) is 19.4. The van der Waals surface area contributed by atoms with E-state index in [4.69, 9.17) is 17.3 Å². The molecule has 0 unspecified atom stereocenters. The highest BCUT2D eigenvalue weighted by Gasteiger charge is 2.56. The number of fused-ring (bicyclic) bond motifs is 2. The van der Waals surface area contributed by atoms with E-state index in [1.165, 1.54) is 16.7 Å². The quantitative estimate of drug-likeness (QED) is 0.484. The Hall–Kier alpha value is -3.43. The number of rotatable bonds is 6. The Morgan fingerprint density at radius 1 is 1.17 bits per heavy atom. The van der Waals surface area contributed by atoms with Crippen molar-refractivity contribution in [2.45, 2.75) is 37.4 Å². The van der Waals surface area contributed by atoms with Crippen molar-refractivity contribution in [2.75, 3.05) is 6.61 Å². The van der Waals surface area contributed by atoms with Crippen LogP contribution in [-0.4, -0.2) is 51.1 Å². The molecule has 0 spiro atoms. The van der Waals surface area contributed by atoms with Gasteiger partial charge in [-0.1, -0.05) is 41.9 Å². The second-order valence-electron chi connectivity index (χ2n) is 9.06. The third-order valence-electron chi connectivity index (χ3n) is 6.92. The van der Waals surface area contributed by atoms with Crippen molar-refractivity contribution in [3.8, 4) is 0 Å². The fraction of sp³-hybridized carbons (Fsp3) is 0.320. The second-order valence-corrected chi connectivity index (χ2v) is 9.47. The number of hydrogen-bond acceptors (Lipinski definition) is 4. The summed E-state index contributed by atoms with van der Waals surface area (Å²) in [5.41, 5.74) is 6.81. The van der Waals surface area contributed by atoms with Crippen LogP contribution < -0.4 is 11.1 Å². The summed E-state index contributed by atoms with van der Waals surface area (Å²) in [6.07, 6.45) is 2.89. The van der Waals surface area contributed by atoms with Gasteiger partial charge in [-0.2, -0.15) is 0 Å². The number of primary amides is 1. The number of likely N-dealkylation sites (tertiary alicyclic amines) is 1. The Morgan fingerprint density at radius 3 is 2.69 bits per heavy atom. The summed E-state index contributed by atoms with van der Waals surface area (Å²) in [6.45, 7) is -0.525. The Morgan fingerprint density at radius 2 is 1.94 bits per heavy atom. The van der Waals surface area contributed by atoms with E-state index < -0.39 is 36.4 Å². The minimum Gasteiger partial charge on any atom is -0.394 e. The highest BCUT2D eigenvalue weighted by molar-refractivity contribution is 6.30. The first-order valence-electron chi connectivity index (χ1n) is 11.3. The largest absolute Gasteiger partial charge is 0.394 e. The van der Waals surface area contributed by atoms with Crippen LogP contribution in [-0.2, 0) is 16.0 Å². The number of para-hydroxylation sites is 1. The van der Waals surface area contributed by atoms with E-state index in [0.29, 0.717) is 17.5 Å². The number of piperidine rings is 1. The molecule has 4 N–H and O–H groups in total. The lowest BCUT2D eigenvalue weighted by Gasteiger charge is -2.28. The van der Waals surface area contributed by atoms with E-state index >= 15 is 0 Å². The number of aliphatic hydroxyl groups excluding tert-OH is 1. The lowest BCUT2D eigenvalue weighted by molar-refractivity contribution is -0.139. The van der Waals surface area contributed by atoms with Gasteiger partial charge in [-0.05, 0) is 36.5 Å². The maximum absolute atomic E-state index is 14.5. The first-order valence-corrected chi connectivity index (χ1v) is 11.7. The van der Waals surface area contributed by atoms with Gasteiger partial charge in [0.2, 0.25) is 11.8 Å². The van der Waals surface area contributed by atoms with Gasteiger partial charge in [0.25, 0.3) is 0 Å². The van der Waals surface area contributed by atoms with E-state index in [2.05, 4.69) is 5.32 Å². The van der Waals surface area contributed by atoms with E-state index in [1.54, 1.807) is 29.3 Å². The molecule has 1 aromatic heterocycles. The molecule has 8 nitrogen and oxygen atoms in total. The van der Waals surface area contributed by atoms with Gasteiger partial charge in [-0.15, -0.1) is 0 Å². The van der Waals surface area contributed by atoms with Crippen LogP contribution in [0.4, 0.5) is 9.18 Å². The molecule has 10 heteroatoms. The van der Waals surface area contributed by atoms with Crippen LogP contribution in [0.3, 0.4) is 0 Å². The number of nitrogens with two attached hydrogens (primary N) is 1. The number of halogens is 2. The van der Waals surface area contributed by atoms with Crippen LogP contribution in [0, 0.1) is 11.7 Å². The summed E-state index contributed by atoms with van der Waals surface area (Å²) in [6, 6.07) is 9.13. The monoisotopic (exact) mass is 498 g/mol. The van der Waals surface area contributed by atoms with Crippen LogP contribution in [0.25, 0.3) is 10.9 Å². The van der Waals surface area contributed by atoms with Gasteiger partial charge in [0.15, 0.2) is 0 Å². The molecule has 182 valence electrons. The fourth-order valence-corrected chi connectivity index (χ4v) is 5.34. The lowest BCUT2D eigenvalue weighted by Crippen LogP contribution is -2.49. The molecule has 1 aliphatic carbocycles. The third kappa shape index (κ3) is 4.15. The maximum atomic E-state index is 14.5. The highest BCUT2D eigenvalue weighted by Crippen LogP contribution is 2.48. The minimum atomic E-state index is -0.997. The van der Waals surface area contributed by atoms with E-state index in [-0.39, 0.29) is 34.9 Å². The molecule has 35 heavy (non-hydrogen) atoms. The van der Waals surface area contributed by atoms with Gasteiger partial charge < -0.3 is 21.1 Å². The number of hydrogen-bond donors (Lipinski definition) is 3. The van der Waals surface area contributed by atoms with Crippen LogP contribution in [0.15, 0.2) is 48.7 Å². The van der Waals surface area contributed by atoms with Crippen molar-refractivity contribution in [3.63, 3.8) is 0 Å². The van der Waals surface area contributed by atoms with Gasteiger partial charge in [-0.3, -0.25) is 14.2 Å². The summed E-state index contributed by atoms with van der Waals surface area (Å²) in [5, 5.41) is 13.1. The molecule has 2 aromatic carbocycles. The van der Waals surface area contributed by atoms with Gasteiger partial charge in [-0.25, -0.2) is 9.18 Å². The summed E-state index contributed by atoms with van der Waals surface area (Å²) in [5.74, 6) is -1.17. The number of carbonyl (C=O) groups is 3. The van der Waals surface area contributed by atoms with Gasteiger partial charge in [0.05, 0.1) is 29.6 Å². The van der Waals surface area contributed by atoms with Crippen LogP contribution in [0.1, 0.15) is 30.0 Å². The zero-order chi connectivity index (χ0) is 24.9. The summed E-state index contributed by atoms with van der Waals surface area (Å²) in [4.78, 5) is 40.0. The molecule has 4 atom stereocenters. The lowest BCUT2D eigenvalue weighted by atomic mass is 10.0. The number of benzene rings is 2. The fourth-order valence-electron chi connectivity index (χ4n) is 5.16. The van der Waals surface area contributed by atoms with E-state index in [1.807, 2.05) is 12.1 Å². The molecule has 0 bridgehead atoms. The number of amides is 3. The van der Waals surface area contributed by atoms with Crippen molar-refractivity contribution in [3.05, 3.63) is 70.6 Å². The molecule has 2 aliphatic rings. The number of nitrogens with zero attached hydrogens (tertiary/aromatic N) is 2. The van der Waals surface area contributed by atoms with Gasteiger partial charge >= 0.3 is 6.03 Å². The number of aliphatic hydroxyl groups is 1. The molecule has 1 saturated heterocycles. The zero-order valence-electron chi connectivity index (χ0n) is 18.7. The molecule has 1 saturated carbocycles. The Balaban J connectivity index is 1.36. The van der Waals surface area contributed by atoms with Crippen LogP contribution in [0.5, 0.6) is 0 Å². The molecule has 1 aliphatic heterocycles. The van der Waals surface area contributed by atoms with Gasteiger partial charge in [0.1, 0.15) is 11.9 Å². The molecule has 5 rings (SSSR count).